The van der Waals surface area contributed by atoms with Gasteiger partial charge in [-0.2, -0.15) is 13.2 Å². The van der Waals surface area contributed by atoms with Gasteiger partial charge in [0.15, 0.2) is 0 Å². The zero-order valence-electron chi connectivity index (χ0n) is 18.2. The molecular weight excluding hydrogens is 449 g/mol. The van der Waals surface area contributed by atoms with Crippen molar-refractivity contribution in [3.63, 3.8) is 0 Å². The van der Waals surface area contributed by atoms with Crippen molar-refractivity contribution in [1.29, 1.82) is 0 Å². The molecule has 4 aromatic rings. The molecule has 8 heteroatoms. The number of aryl methyl sites for hydroxylation is 2. The molecule has 34 heavy (non-hydrogen) atoms. The van der Waals surface area contributed by atoms with E-state index in [0.29, 0.717) is 0 Å². The van der Waals surface area contributed by atoms with E-state index in [2.05, 4.69) is 0 Å². The highest BCUT2D eigenvalue weighted by molar-refractivity contribution is 5.91. The highest BCUT2D eigenvalue weighted by atomic mass is 19.4. The van der Waals surface area contributed by atoms with Crippen LogP contribution in [0.4, 0.5) is 13.2 Å². The highest BCUT2D eigenvalue weighted by Crippen LogP contribution is 2.38. The molecule has 0 N–H and O–H groups in total. The van der Waals surface area contributed by atoms with Gasteiger partial charge >= 0.3 is 12.1 Å². The van der Waals surface area contributed by atoms with E-state index in [0.717, 1.165) is 23.6 Å². The van der Waals surface area contributed by atoms with E-state index < -0.39 is 29.1 Å². The fourth-order valence-electron chi connectivity index (χ4n) is 3.27. The highest BCUT2D eigenvalue weighted by Gasteiger charge is 2.40. The molecule has 1 aromatic heterocycles. The van der Waals surface area contributed by atoms with E-state index >= 15 is 0 Å². The largest absolute Gasteiger partial charge is 0.453 e. The molecule has 0 spiro atoms. The number of esters is 1. The van der Waals surface area contributed by atoms with Crippen LogP contribution < -0.4 is 14.9 Å². The van der Waals surface area contributed by atoms with Crippen molar-refractivity contribution >= 4 is 16.9 Å². The Balaban J connectivity index is 1.73. The van der Waals surface area contributed by atoms with Gasteiger partial charge in [0.25, 0.3) is 5.76 Å². The number of rotatable bonds is 5. The van der Waals surface area contributed by atoms with Gasteiger partial charge in [-0.15, -0.1) is 0 Å². The number of carbonyl (C=O) groups is 1. The number of hydrogen-bond acceptors (Lipinski definition) is 5. The summed E-state index contributed by atoms with van der Waals surface area (Å²) in [7, 11) is 0. The Morgan fingerprint density at radius 1 is 0.941 bits per heavy atom. The molecule has 0 radical (unpaired) electrons. The first kappa shape index (κ1) is 23.1. The van der Waals surface area contributed by atoms with E-state index in [1.54, 1.807) is 36.4 Å². The Labute approximate surface area is 192 Å². The van der Waals surface area contributed by atoms with E-state index in [1.165, 1.54) is 24.3 Å². The summed E-state index contributed by atoms with van der Waals surface area (Å²) in [6, 6.07) is 16.5. The summed E-state index contributed by atoms with van der Waals surface area (Å²) in [5, 5.41) is -0.150. The fraction of sp³-hybridized carbons (Fsp3) is 0.154. The maximum absolute atomic E-state index is 13.7. The molecule has 3 aromatic carbocycles. The third-order valence-electron chi connectivity index (χ3n) is 5.13. The summed E-state index contributed by atoms with van der Waals surface area (Å²) in [5.74, 6) is -3.25. The van der Waals surface area contributed by atoms with Crippen molar-refractivity contribution in [3.8, 4) is 17.2 Å². The SMILES string of the molecule is CCc1ccc(Oc2c(C(F)(F)F)oc3cc(OC(=O)c4ccc(C)cc4)ccc3c2=O)cc1. The van der Waals surface area contributed by atoms with Gasteiger partial charge in [-0.05, 0) is 55.3 Å². The smallest absolute Gasteiger partial charge is 0.449 e. The molecule has 5 nitrogen and oxygen atoms in total. The number of halogens is 3. The summed E-state index contributed by atoms with van der Waals surface area (Å²) in [6.07, 6.45) is -4.26. The van der Waals surface area contributed by atoms with Crippen molar-refractivity contribution < 1.29 is 31.9 Å². The van der Waals surface area contributed by atoms with Gasteiger partial charge in [0.2, 0.25) is 11.2 Å². The van der Waals surface area contributed by atoms with Gasteiger partial charge in [0.1, 0.15) is 17.1 Å². The average Bonchev–Trinajstić information content (AvgIpc) is 2.81. The molecule has 0 bridgehead atoms. The minimum absolute atomic E-state index is 0.0676. The fourth-order valence-corrected chi connectivity index (χ4v) is 3.27. The van der Waals surface area contributed by atoms with E-state index in [4.69, 9.17) is 13.9 Å². The molecule has 4 rings (SSSR count). The number of ether oxygens (including phenoxy) is 2. The number of carbonyl (C=O) groups excluding carboxylic acids is 1. The summed E-state index contributed by atoms with van der Waals surface area (Å²) < 4.78 is 56.9. The van der Waals surface area contributed by atoms with Crippen LogP contribution in [0.5, 0.6) is 17.2 Å². The van der Waals surface area contributed by atoms with Gasteiger partial charge < -0.3 is 13.9 Å². The van der Waals surface area contributed by atoms with Crippen molar-refractivity contribution in [2.75, 3.05) is 0 Å². The normalized spacial score (nSPS) is 11.4. The van der Waals surface area contributed by atoms with Crippen molar-refractivity contribution in [3.05, 3.63) is 99.4 Å². The second-order valence-electron chi connectivity index (χ2n) is 7.60. The third-order valence-corrected chi connectivity index (χ3v) is 5.13. The lowest BCUT2D eigenvalue weighted by molar-refractivity contribution is -0.154. The molecule has 0 saturated carbocycles. The molecule has 0 fully saturated rings. The van der Waals surface area contributed by atoms with Crippen LogP contribution in [0.15, 0.2) is 75.9 Å². The number of fused-ring (bicyclic) bond motifs is 1. The van der Waals surface area contributed by atoms with Crippen molar-refractivity contribution in [2.45, 2.75) is 26.4 Å². The Kier molecular flexibility index (Phi) is 6.15. The van der Waals surface area contributed by atoms with Crippen LogP contribution in [-0.4, -0.2) is 5.97 Å². The minimum atomic E-state index is -5.00. The Bertz CT molecular complexity index is 1400. The van der Waals surface area contributed by atoms with E-state index in [1.807, 2.05) is 13.8 Å². The van der Waals surface area contributed by atoms with E-state index in [-0.39, 0.29) is 28.0 Å². The zero-order chi connectivity index (χ0) is 24.5. The third kappa shape index (κ3) is 4.80. The standard InChI is InChI=1S/C26H19F3O5/c1-3-16-6-10-18(11-7-16)32-23-22(30)20-13-12-19(14-21(20)34-24(23)26(27,28)29)33-25(31)17-8-4-15(2)5-9-17/h4-14H,3H2,1-2H3. The van der Waals surface area contributed by atoms with Gasteiger partial charge in [-0.25, -0.2) is 4.79 Å². The van der Waals surface area contributed by atoms with Gasteiger partial charge in [0.05, 0.1) is 10.9 Å². The summed E-state index contributed by atoms with van der Waals surface area (Å²) in [6.45, 7) is 3.79. The first-order valence-electron chi connectivity index (χ1n) is 10.4. The lowest BCUT2D eigenvalue weighted by atomic mass is 10.1. The van der Waals surface area contributed by atoms with Crippen LogP contribution in [0.1, 0.15) is 34.2 Å². The first-order valence-corrected chi connectivity index (χ1v) is 10.4. The number of benzene rings is 3. The number of hydrogen-bond donors (Lipinski definition) is 0. The van der Waals surface area contributed by atoms with Crippen molar-refractivity contribution in [1.82, 2.24) is 0 Å². The summed E-state index contributed by atoms with van der Waals surface area (Å²) in [4.78, 5) is 25.3. The predicted octanol–water partition coefficient (Wildman–Crippen LogP) is 6.69. The van der Waals surface area contributed by atoms with Gasteiger partial charge in [-0.1, -0.05) is 36.8 Å². The van der Waals surface area contributed by atoms with Crippen LogP contribution in [0.25, 0.3) is 11.0 Å². The lowest BCUT2D eigenvalue weighted by Crippen LogP contribution is -2.15. The maximum Gasteiger partial charge on any atom is 0.453 e. The Hall–Kier alpha value is -4.07. The van der Waals surface area contributed by atoms with Crippen LogP contribution >= 0.6 is 0 Å². The molecule has 174 valence electrons. The van der Waals surface area contributed by atoms with Crippen LogP contribution in [-0.2, 0) is 12.6 Å². The molecule has 0 aliphatic carbocycles. The second kappa shape index (κ2) is 9.05. The molecular formula is C26H19F3O5. The van der Waals surface area contributed by atoms with Crippen LogP contribution in [0.3, 0.4) is 0 Å². The first-order chi connectivity index (χ1) is 16.2. The Morgan fingerprint density at radius 3 is 2.21 bits per heavy atom. The van der Waals surface area contributed by atoms with Crippen molar-refractivity contribution in [2.24, 2.45) is 0 Å². The molecule has 0 saturated heterocycles. The van der Waals surface area contributed by atoms with Gasteiger partial charge in [0, 0.05) is 6.07 Å². The van der Waals surface area contributed by atoms with E-state index in [9.17, 15) is 22.8 Å². The molecule has 0 atom stereocenters. The van der Waals surface area contributed by atoms with Gasteiger partial charge in [-0.3, -0.25) is 4.79 Å². The molecule has 0 aliphatic rings. The summed E-state index contributed by atoms with van der Waals surface area (Å²) >= 11 is 0. The lowest BCUT2D eigenvalue weighted by Gasteiger charge is -2.14. The minimum Gasteiger partial charge on any atom is -0.449 e. The number of alkyl halides is 3. The molecule has 0 aliphatic heterocycles. The maximum atomic E-state index is 13.7. The quantitative estimate of drug-likeness (QED) is 0.241. The molecule has 1 heterocycles. The second-order valence-corrected chi connectivity index (χ2v) is 7.60. The van der Waals surface area contributed by atoms with Crippen LogP contribution in [0.2, 0.25) is 0 Å². The topological polar surface area (TPSA) is 65.7 Å². The van der Waals surface area contributed by atoms with Crippen LogP contribution in [0, 0.1) is 6.92 Å². The monoisotopic (exact) mass is 468 g/mol. The predicted molar refractivity (Wildman–Crippen MR) is 120 cm³/mol. The average molecular weight is 468 g/mol. The molecule has 0 amide bonds. The molecule has 0 unspecified atom stereocenters. The summed E-state index contributed by atoms with van der Waals surface area (Å²) in [5.41, 5.74) is 0.787. The zero-order valence-corrected chi connectivity index (χ0v) is 18.2. The Morgan fingerprint density at radius 2 is 1.59 bits per heavy atom.